The van der Waals surface area contributed by atoms with E-state index in [9.17, 15) is 4.79 Å². The third-order valence-electron chi connectivity index (χ3n) is 4.92. The van der Waals surface area contributed by atoms with Gasteiger partial charge in [-0.1, -0.05) is 12.1 Å². The number of ether oxygens (including phenoxy) is 1. The Hall–Kier alpha value is -4.14. The molecular weight excluding hydrogens is 396 g/mol. The van der Waals surface area contributed by atoms with Crippen LogP contribution in [0.25, 0.3) is 10.9 Å². The van der Waals surface area contributed by atoms with Crippen molar-refractivity contribution in [1.82, 2.24) is 20.2 Å². The monoisotopic (exact) mass is 416 g/mol. The van der Waals surface area contributed by atoms with Crippen LogP contribution < -0.4 is 15.4 Å². The van der Waals surface area contributed by atoms with E-state index < -0.39 is 5.97 Å². The van der Waals surface area contributed by atoms with Crippen LogP contribution >= 0.6 is 0 Å². The number of hydrogen-bond donors (Lipinski definition) is 4. The Kier molecular flexibility index (Phi) is 4.83. The molecule has 31 heavy (non-hydrogen) atoms. The molecule has 0 spiro atoms. The fourth-order valence-corrected chi connectivity index (χ4v) is 3.25. The van der Waals surface area contributed by atoms with Gasteiger partial charge in [0.15, 0.2) is 6.61 Å². The van der Waals surface area contributed by atoms with Crippen molar-refractivity contribution in [2.24, 2.45) is 0 Å². The Morgan fingerprint density at radius 2 is 1.90 bits per heavy atom. The Morgan fingerprint density at radius 3 is 2.68 bits per heavy atom. The lowest BCUT2D eigenvalue weighted by Crippen LogP contribution is -2.09. The van der Waals surface area contributed by atoms with Crippen LogP contribution in [0, 0.1) is 0 Å². The lowest BCUT2D eigenvalue weighted by molar-refractivity contribution is -0.139. The van der Waals surface area contributed by atoms with Gasteiger partial charge < -0.3 is 20.5 Å². The molecule has 0 saturated heterocycles. The molecule has 0 radical (unpaired) electrons. The number of aromatic nitrogens is 4. The second-order valence-corrected chi connectivity index (χ2v) is 7.35. The molecule has 1 aliphatic carbocycles. The number of aliphatic carboxylic acids is 1. The van der Waals surface area contributed by atoms with Crippen LogP contribution in [0.3, 0.4) is 0 Å². The molecule has 2 aromatic heterocycles. The smallest absolute Gasteiger partial charge is 0.341 e. The Bertz CT molecular complexity index is 1230. The molecule has 0 unspecified atom stereocenters. The van der Waals surface area contributed by atoms with Gasteiger partial charge in [-0.25, -0.2) is 9.78 Å². The number of H-pyrrole nitrogens is 1. The molecule has 156 valence electrons. The first-order valence-electron chi connectivity index (χ1n) is 9.95. The minimum atomic E-state index is -1.02. The Labute approximate surface area is 177 Å². The van der Waals surface area contributed by atoms with E-state index in [1.165, 1.54) is 12.8 Å². The first-order valence-corrected chi connectivity index (χ1v) is 9.95. The second kappa shape index (κ2) is 7.94. The molecular formula is C22H20N6O3. The van der Waals surface area contributed by atoms with Crippen LogP contribution in [0.2, 0.25) is 0 Å². The normalized spacial score (nSPS) is 13.2. The molecule has 1 saturated carbocycles. The van der Waals surface area contributed by atoms with Crippen molar-refractivity contribution in [3.63, 3.8) is 0 Å². The number of hydrogen-bond acceptors (Lipinski definition) is 7. The van der Waals surface area contributed by atoms with E-state index in [4.69, 9.17) is 9.84 Å². The van der Waals surface area contributed by atoms with Gasteiger partial charge in [-0.3, -0.25) is 5.10 Å². The van der Waals surface area contributed by atoms with Crippen molar-refractivity contribution in [2.75, 3.05) is 17.2 Å². The summed E-state index contributed by atoms with van der Waals surface area (Å²) >= 11 is 0. The molecule has 2 heterocycles. The fourth-order valence-electron chi connectivity index (χ4n) is 3.25. The number of rotatable bonds is 8. The molecule has 2 aromatic carbocycles. The number of nitrogens with one attached hydrogen (secondary N) is 3. The average molecular weight is 416 g/mol. The number of para-hydroxylation sites is 1. The SMILES string of the molecule is O=C(O)COc1ccc(Nc2nc(Nc3cc(C4CC4)n[nH]3)c3ccccc3n2)cc1. The maximum atomic E-state index is 10.6. The summed E-state index contributed by atoms with van der Waals surface area (Å²) in [4.78, 5) is 19.9. The zero-order valence-corrected chi connectivity index (χ0v) is 16.5. The lowest BCUT2D eigenvalue weighted by Gasteiger charge is -2.11. The van der Waals surface area contributed by atoms with Crippen LogP contribution in [0.15, 0.2) is 54.6 Å². The van der Waals surface area contributed by atoms with E-state index in [0.29, 0.717) is 23.4 Å². The molecule has 5 rings (SSSR count). The van der Waals surface area contributed by atoms with Crippen molar-refractivity contribution in [2.45, 2.75) is 18.8 Å². The van der Waals surface area contributed by atoms with E-state index in [1.807, 2.05) is 30.3 Å². The first kappa shape index (κ1) is 18.9. The summed E-state index contributed by atoms with van der Waals surface area (Å²) < 4.78 is 5.16. The molecule has 9 heteroatoms. The highest BCUT2D eigenvalue weighted by atomic mass is 16.5. The zero-order valence-electron chi connectivity index (χ0n) is 16.5. The average Bonchev–Trinajstić information content (AvgIpc) is 3.52. The minimum Gasteiger partial charge on any atom is -0.482 e. The Balaban J connectivity index is 1.39. The molecule has 9 nitrogen and oxygen atoms in total. The molecule has 4 aromatic rings. The van der Waals surface area contributed by atoms with Gasteiger partial charge in [-0.15, -0.1) is 0 Å². The standard InChI is InChI=1S/C22H20N6O3/c29-20(30)12-31-15-9-7-14(8-10-15)23-22-24-17-4-2-1-3-16(17)21(26-22)25-19-11-18(27-28-19)13-5-6-13/h1-4,7-11,13H,5-6,12H2,(H,29,30)(H3,23,24,25,26,27,28). The van der Waals surface area contributed by atoms with E-state index in [2.05, 4.69) is 30.8 Å². The number of benzene rings is 2. The second-order valence-electron chi connectivity index (χ2n) is 7.35. The molecule has 0 bridgehead atoms. The predicted octanol–water partition coefficient (Wildman–Crippen LogP) is 4.18. The van der Waals surface area contributed by atoms with Crippen molar-refractivity contribution >= 4 is 40.1 Å². The van der Waals surface area contributed by atoms with Crippen LogP contribution in [-0.4, -0.2) is 37.8 Å². The van der Waals surface area contributed by atoms with Gasteiger partial charge in [-0.2, -0.15) is 10.1 Å². The van der Waals surface area contributed by atoms with Gasteiger partial charge in [0.25, 0.3) is 0 Å². The highest BCUT2D eigenvalue weighted by molar-refractivity contribution is 5.91. The summed E-state index contributed by atoms with van der Waals surface area (Å²) in [6, 6.07) is 16.7. The van der Waals surface area contributed by atoms with Crippen molar-refractivity contribution in [1.29, 1.82) is 0 Å². The molecule has 0 aliphatic heterocycles. The summed E-state index contributed by atoms with van der Waals surface area (Å²) in [6.45, 7) is -0.383. The maximum absolute atomic E-state index is 10.6. The van der Waals surface area contributed by atoms with Crippen LogP contribution in [-0.2, 0) is 4.79 Å². The van der Waals surface area contributed by atoms with Gasteiger partial charge in [0.05, 0.1) is 11.2 Å². The topological polar surface area (TPSA) is 125 Å². The number of carboxylic acid groups (broad SMARTS) is 1. The molecule has 1 aliphatic rings. The quantitative estimate of drug-likeness (QED) is 0.337. The minimum absolute atomic E-state index is 0.383. The van der Waals surface area contributed by atoms with Gasteiger partial charge in [0.1, 0.15) is 17.4 Å². The number of carboxylic acids is 1. The summed E-state index contributed by atoms with van der Waals surface area (Å²) in [5, 5.41) is 23.5. The lowest BCUT2D eigenvalue weighted by atomic mass is 10.2. The Morgan fingerprint density at radius 1 is 1.10 bits per heavy atom. The third kappa shape index (κ3) is 4.40. The number of aromatic amines is 1. The molecule has 0 atom stereocenters. The molecule has 0 amide bonds. The summed E-state index contributed by atoms with van der Waals surface area (Å²) in [6.07, 6.45) is 2.38. The maximum Gasteiger partial charge on any atom is 0.341 e. The van der Waals surface area contributed by atoms with Crippen LogP contribution in [0.1, 0.15) is 24.5 Å². The van der Waals surface area contributed by atoms with Gasteiger partial charge in [-0.05, 0) is 49.2 Å². The molecule has 4 N–H and O–H groups in total. The van der Waals surface area contributed by atoms with Gasteiger partial charge >= 0.3 is 5.97 Å². The summed E-state index contributed by atoms with van der Waals surface area (Å²) in [5.41, 5.74) is 2.62. The van der Waals surface area contributed by atoms with Gasteiger partial charge in [0, 0.05) is 23.1 Å². The van der Waals surface area contributed by atoms with E-state index >= 15 is 0 Å². The van der Waals surface area contributed by atoms with Gasteiger partial charge in [0.2, 0.25) is 5.95 Å². The van der Waals surface area contributed by atoms with E-state index in [1.54, 1.807) is 24.3 Å². The van der Waals surface area contributed by atoms with Crippen molar-refractivity contribution in [3.05, 3.63) is 60.3 Å². The largest absolute Gasteiger partial charge is 0.482 e. The highest BCUT2D eigenvalue weighted by Crippen LogP contribution is 2.39. The fraction of sp³-hybridized carbons (Fsp3) is 0.182. The molecule has 1 fully saturated rings. The van der Waals surface area contributed by atoms with E-state index in [0.717, 1.165) is 28.1 Å². The predicted molar refractivity (Wildman–Crippen MR) is 116 cm³/mol. The summed E-state index contributed by atoms with van der Waals surface area (Å²) in [5.74, 6) is 1.90. The highest BCUT2D eigenvalue weighted by Gasteiger charge is 2.26. The third-order valence-corrected chi connectivity index (χ3v) is 4.92. The first-order chi connectivity index (χ1) is 15.1. The van der Waals surface area contributed by atoms with Crippen molar-refractivity contribution < 1.29 is 14.6 Å². The number of fused-ring (bicyclic) bond motifs is 1. The summed E-state index contributed by atoms with van der Waals surface area (Å²) in [7, 11) is 0. The zero-order chi connectivity index (χ0) is 21.2. The number of carbonyl (C=O) groups is 1. The number of nitrogens with zero attached hydrogens (tertiary/aromatic N) is 3. The van der Waals surface area contributed by atoms with Crippen LogP contribution in [0.4, 0.5) is 23.3 Å². The van der Waals surface area contributed by atoms with Crippen LogP contribution in [0.5, 0.6) is 5.75 Å². The number of anilines is 4. The van der Waals surface area contributed by atoms with Crippen molar-refractivity contribution in [3.8, 4) is 5.75 Å². The van der Waals surface area contributed by atoms with E-state index in [-0.39, 0.29) is 6.61 Å².